The number of carbonyl (C=O) groups excluding carboxylic acids is 1. The lowest BCUT2D eigenvalue weighted by atomic mass is 9.99. The number of hydrogen-bond donors (Lipinski definition) is 0. The summed E-state index contributed by atoms with van der Waals surface area (Å²) in [7, 11) is 1.77. The molecule has 0 radical (unpaired) electrons. The van der Waals surface area contributed by atoms with Gasteiger partial charge in [-0.15, -0.1) is 0 Å². The second kappa shape index (κ2) is 6.44. The summed E-state index contributed by atoms with van der Waals surface area (Å²) in [4.78, 5) is 14.7. The van der Waals surface area contributed by atoms with Crippen LogP contribution in [-0.4, -0.2) is 42.7 Å². The molecule has 2 saturated heterocycles. The van der Waals surface area contributed by atoms with E-state index < -0.39 is 0 Å². The summed E-state index contributed by atoms with van der Waals surface area (Å²) in [6.45, 7) is 0.114. The minimum Gasteiger partial charge on any atom is -0.484 e. The molecule has 0 aromatic heterocycles. The molecule has 0 saturated carbocycles. The highest BCUT2D eigenvalue weighted by atomic mass is 16.5. The van der Waals surface area contributed by atoms with Crippen molar-refractivity contribution < 1.29 is 14.3 Å². The van der Waals surface area contributed by atoms with Gasteiger partial charge in [-0.1, -0.05) is 30.3 Å². The summed E-state index contributed by atoms with van der Waals surface area (Å²) in [6, 6.07) is 14.8. The van der Waals surface area contributed by atoms with E-state index in [1.165, 1.54) is 5.39 Å². The van der Waals surface area contributed by atoms with Crippen molar-refractivity contribution in [2.45, 2.75) is 43.9 Å². The number of amides is 1. The van der Waals surface area contributed by atoms with Gasteiger partial charge < -0.3 is 14.4 Å². The van der Waals surface area contributed by atoms with E-state index in [2.05, 4.69) is 17.0 Å². The van der Waals surface area contributed by atoms with E-state index in [1.54, 1.807) is 7.11 Å². The largest absolute Gasteiger partial charge is 0.484 e. The Hall–Kier alpha value is -2.07. The maximum absolute atomic E-state index is 12.7. The number of fused-ring (bicyclic) bond motifs is 3. The van der Waals surface area contributed by atoms with Crippen LogP contribution >= 0.6 is 0 Å². The Morgan fingerprint density at radius 1 is 1.08 bits per heavy atom. The summed E-state index contributed by atoms with van der Waals surface area (Å²) >= 11 is 0. The molecule has 2 aromatic rings. The Morgan fingerprint density at radius 2 is 1.79 bits per heavy atom. The van der Waals surface area contributed by atoms with E-state index in [9.17, 15) is 4.79 Å². The van der Waals surface area contributed by atoms with Crippen LogP contribution in [0, 0.1) is 0 Å². The summed E-state index contributed by atoms with van der Waals surface area (Å²) < 4.78 is 11.3. The van der Waals surface area contributed by atoms with E-state index in [1.807, 2.05) is 30.3 Å². The zero-order valence-electron chi connectivity index (χ0n) is 14.0. The minimum atomic E-state index is 0.102. The standard InChI is InChI=1S/C20H23NO3/c1-23-19-11-16-7-8-17(12-19)21(16)20(22)13-24-18-9-6-14-4-2-3-5-15(14)10-18/h2-6,9-10,16-17,19H,7-8,11-13H2,1H3. The van der Waals surface area contributed by atoms with Crippen molar-refractivity contribution in [3.05, 3.63) is 42.5 Å². The number of piperidine rings is 1. The van der Waals surface area contributed by atoms with E-state index in [0.29, 0.717) is 18.2 Å². The maximum atomic E-state index is 12.7. The monoisotopic (exact) mass is 325 g/mol. The summed E-state index contributed by atoms with van der Waals surface area (Å²) in [5.74, 6) is 0.853. The van der Waals surface area contributed by atoms with Crippen molar-refractivity contribution in [1.82, 2.24) is 4.90 Å². The van der Waals surface area contributed by atoms with Gasteiger partial charge in [-0.3, -0.25) is 4.79 Å². The molecule has 0 aliphatic carbocycles. The third-order valence-corrected chi connectivity index (χ3v) is 5.39. The molecule has 0 spiro atoms. The highest BCUT2D eigenvalue weighted by molar-refractivity contribution is 5.84. The van der Waals surface area contributed by atoms with Gasteiger partial charge in [0, 0.05) is 19.2 Å². The molecule has 24 heavy (non-hydrogen) atoms. The number of rotatable bonds is 4. The molecule has 126 valence electrons. The van der Waals surface area contributed by atoms with Gasteiger partial charge in [0.25, 0.3) is 5.91 Å². The van der Waals surface area contributed by atoms with Crippen LogP contribution in [0.5, 0.6) is 5.75 Å². The Labute approximate surface area is 142 Å². The number of carbonyl (C=O) groups is 1. The predicted octanol–water partition coefficient (Wildman–Crippen LogP) is 3.39. The van der Waals surface area contributed by atoms with Crippen molar-refractivity contribution >= 4 is 16.7 Å². The normalized spacial score (nSPS) is 25.9. The van der Waals surface area contributed by atoms with Crippen molar-refractivity contribution in [3.8, 4) is 5.75 Å². The molecule has 2 atom stereocenters. The zero-order valence-corrected chi connectivity index (χ0v) is 14.0. The molecule has 2 aliphatic heterocycles. The van der Waals surface area contributed by atoms with Crippen LogP contribution in [0.4, 0.5) is 0 Å². The summed E-state index contributed by atoms with van der Waals surface area (Å²) in [6.07, 6.45) is 4.38. The summed E-state index contributed by atoms with van der Waals surface area (Å²) in [5.41, 5.74) is 0. The van der Waals surface area contributed by atoms with Crippen LogP contribution in [0.25, 0.3) is 10.8 Å². The second-order valence-corrected chi connectivity index (χ2v) is 6.81. The van der Waals surface area contributed by atoms with Crippen LogP contribution in [0.2, 0.25) is 0 Å². The molecule has 1 amide bonds. The highest BCUT2D eigenvalue weighted by Gasteiger charge is 2.43. The molecule has 4 rings (SSSR count). The van der Waals surface area contributed by atoms with Gasteiger partial charge in [0.05, 0.1) is 6.10 Å². The second-order valence-electron chi connectivity index (χ2n) is 6.81. The first kappa shape index (κ1) is 15.5. The third-order valence-electron chi connectivity index (χ3n) is 5.39. The first-order valence-corrected chi connectivity index (χ1v) is 8.70. The third kappa shape index (κ3) is 2.86. The molecule has 2 heterocycles. The fourth-order valence-corrected chi connectivity index (χ4v) is 4.20. The van der Waals surface area contributed by atoms with E-state index in [4.69, 9.17) is 9.47 Å². The molecular formula is C20H23NO3. The fraction of sp³-hybridized carbons (Fsp3) is 0.450. The van der Waals surface area contributed by atoms with Crippen molar-refractivity contribution in [2.24, 2.45) is 0 Å². The number of hydrogen-bond acceptors (Lipinski definition) is 3. The zero-order chi connectivity index (χ0) is 16.5. The van der Waals surface area contributed by atoms with Gasteiger partial charge in [-0.05, 0) is 48.6 Å². The number of methoxy groups -OCH3 is 1. The van der Waals surface area contributed by atoms with Crippen LogP contribution in [0.1, 0.15) is 25.7 Å². The highest BCUT2D eigenvalue weighted by Crippen LogP contribution is 2.36. The molecule has 2 unspecified atom stereocenters. The molecule has 4 nitrogen and oxygen atoms in total. The van der Waals surface area contributed by atoms with Gasteiger partial charge in [0.15, 0.2) is 6.61 Å². The molecule has 0 N–H and O–H groups in total. The Balaban J connectivity index is 1.41. The van der Waals surface area contributed by atoms with Gasteiger partial charge in [0.2, 0.25) is 0 Å². The molecule has 2 fully saturated rings. The van der Waals surface area contributed by atoms with Crippen LogP contribution < -0.4 is 4.74 Å². The first-order chi connectivity index (χ1) is 11.7. The van der Waals surface area contributed by atoms with Crippen molar-refractivity contribution in [1.29, 1.82) is 0 Å². The lowest BCUT2D eigenvalue weighted by Crippen LogP contribution is -2.50. The van der Waals surface area contributed by atoms with Gasteiger partial charge in [-0.2, -0.15) is 0 Å². The Morgan fingerprint density at radius 3 is 2.50 bits per heavy atom. The van der Waals surface area contributed by atoms with E-state index in [-0.39, 0.29) is 12.5 Å². The topological polar surface area (TPSA) is 38.8 Å². The Bertz CT molecular complexity index is 730. The van der Waals surface area contributed by atoms with Gasteiger partial charge >= 0.3 is 0 Å². The van der Waals surface area contributed by atoms with Crippen LogP contribution in [0.15, 0.2) is 42.5 Å². The number of benzene rings is 2. The average molecular weight is 325 g/mol. The van der Waals surface area contributed by atoms with Crippen molar-refractivity contribution in [3.63, 3.8) is 0 Å². The lowest BCUT2D eigenvalue weighted by Gasteiger charge is -2.38. The maximum Gasteiger partial charge on any atom is 0.261 e. The predicted molar refractivity (Wildman–Crippen MR) is 93.1 cm³/mol. The number of ether oxygens (including phenoxy) is 2. The SMILES string of the molecule is COC1CC2CCC(C1)N2C(=O)COc1ccc2ccccc2c1. The average Bonchev–Trinajstić information content (AvgIpc) is 2.89. The fourth-order valence-electron chi connectivity index (χ4n) is 4.20. The number of nitrogens with zero attached hydrogens (tertiary/aromatic N) is 1. The molecular weight excluding hydrogens is 302 g/mol. The molecule has 2 bridgehead atoms. The van der Waals surface area contributed by atoms with E-state index in [0.717, 1.165) is 36.8 Å². The lowest BCUT2D eigenvalue weighted by molar-refractivity contribution is -0.140. The van der Waals surface area contributed by atoms with Crippen LogP contribution in [0.3, 0.4) is 0 Å². The van der Waals surface area contributed by atoms with Gasteiger partial charge in [0.1, 0.15) is 5.75 Å². The molecule has 2 aromatic carbocycles. The molecule has 2 aliphatic rings. The van der Waals surface area contributed by atoms with E-state index >= 15 is 0 Å². The van der Waals surface area contributed by atoms with Crippen LogP contribution in [-0.2, 0) is 9.53 Å². The quantitative estimate of drug-likeness (QED) is 0.865. The summed E-state index contributed by atoms with van der Waals surface area (Å²) in [5, 5.41) is 2.30. The first-order valence-electron chi connectivity index (χ1n) is 8.70. The molecule has 4 heteroatoms. The van der Waals surface area contributed by atoms with Crippen molar-refractivity contribution in [2.75, 3.05) is 13.7 Å². The van der Waals surface area contributed by atoms with Gasteiger partial charge in [-0.25, -0.2) is 0 Å². The smallest absolute Gasteiger partial charge is 0.261 e. The Kier molecular flexibility index (Phi) is 4.15. The minimum absolute atomic E-state index is 0.102.